The van der Waals surface area contributed by atoms with Crippen LogP contribution in [-0.2, 0) is 31.1 Å². The molecule has 2 aromatic rings. The summed E-state index contributed by atoms with van der Waals surface area (Å²) in [7, 11) is 1.70. The Balaban J connectivity index is 2.03. The van der Waals surface area contributed by atoms with Crippen molar-refractivity contribution in [1.82, 2.24) is 4.57 Å². The largest absolute Gasteiger partial charge is 0.481 e. The van der Waals surface area contributed by atoms with Crippen LogP contribution in [0, 0.1) is 0 Å². The quantitative estimate of drug-likeness (QED) is 0.947. The summed E-state index contributed by atoms with van der Waals surface area (Å²) in [6.07, 6.45) is 4.44. The molecule has 1 N–H and O–H groups in total. The normalized spacial score (nSPS) is 13.7. The Hall–Kier alpha value is -2.36. The first-order chi connectivity index (χ1) is 10.6. The van der Waals surface area contributed by atoms with Gasteiger partial charge in [-0.2, -0.15) is 0 Å². The third-order valence-corrected chi connectivity index (χ3v) is 4.37. The number of benzene rings is 1. The van der Waals surface area contributed by atoms with E-state index in [4.69, 9.17) is 5.11 Å². The average Bonchev–Trinajstić information content (AvgIpc) is 2.51. The lowest BCUT2D eigenvalue weighted by Crippen LogP contribution is -2.24. The summed E-state index contributed by atoms with van der Waals surface area (Å²) in [5.41, 5.74) is 4.69. The summed E-state index contributed by atoms with van der Waals surface area (Å²) >= 11 is 0. The molecule has 0 spiro atoms. The van der Waals surface area contributed by atoms with Crippen LogP contribution in [0.2, 0.25) is 0 Å². The molecule has 0 bridgehead atoms. The number of aliphatic carboxylic acids is 1. The molecule has 4 heteroatoms. The van der Waals surface area contributed by atoms with Crippen molar-refractivity contribution in [2.24, 2.45) is 7.05 Å². The summed E-state index contributed by atoms with van der Waals surface area (Å²) in [6.45, 7) is 0. The molecule has 0 amide bonds. The van der Waals surface area contributed by atoms with Crippen LogP contribution < -0.4 is 5.56 Å². The van der Waals surface area contributed by atoms with Crippen LogP contribution in [0.4, 0.5) is 0 Å². The van der Waals surface area contributed by atoms with Gasteiger partial charge in [0.15, 0.2) is 0 Å². The lowest BCUT2D eigenvalue weighted by molar-refractivity contribution is -0.136. The van der Waals surface area contributed by atoms with E-state index >= 15 is 0 Å². The Bertz CT molecular complexity index is 789. The third kappa shape index (κ3) is 2.69. The van der Waals surface area contributed by atoms with E-state index in [2.05, 4.69) is 18.2 Å². The highest BCUT2D eigenvalue weighted by Gasteiger charge is 2.13. The molecule has 1 aliphatic rings. The number of carboxylic acids is 1. The molecule has 1 aromatic heterocycles. The highest BCUT2D eigenvalue weighted by Crippen LogP contribution is 2.26. The highest BCUT2D eigenvalue weighted by atomic mass is 16.4. The number of hydrogen-bond acceptors (Lipinski definition) is 2. The molecule has 0 radical (unpaired) electrons. The summed E-state index contributed by atoms with van der Waals surface area (Å²) in [6, 6.07) is 9.84. The highest BCUT2D eigenvalue weighted by molar-refractivity contribution is 5.70. The minimum absolute atomic E-state index is 0.238. The average molecular weight is 297 g/mol. The Labute approximate surface area is 129 Å². The van der Waals surface area contributed by atoms with Crippen molar-refractivity contribution in [1.29, 1.82) is 0 Å². The Morgan fingerprint density at radius 3 is 2.59 bits per heavy atom. The second kappa shape index (κ2) is 5.79. The Morgan fingerprint density at radius 1 is 1.14 bits per heavy atom. The number of aryl methyl sites for hydroxylation is 2. The number of pyridine rings is 1. The van der Waals surface area contributed by atoms with Gasteiger partial charge in [-0.05, 0) is 54.5 Å². The number of carboxylic acid groups (broad SMARTS) is 1. The van der Waals surface area contributed by atoms with Gasteiger partial charge in [0.1, 0.15) is 0 Å². The van der Waals surface area contributed by atoms with Crippen LogP contribution in [0.1, 0.15) is 29.5 Å². The standard InChI is InChI=1S/C18H19NO3/c1-19-16(9-8-15(18(19)22)11-17(20)21)14-7-6-12-4-2-3-5-13(12)10-14/h6-10H,2-5,11H2,1H3,(H,20,21). The smallest absolute Gasteiger partial charge is 0.308 e. The topological polar surface area (TPSA) is 59.3 Å². The third-order valence-electron chi connectivity index (χ3n) is 4.37. The molecule has 3 rings (SSSR count). The lowest BCUT2D eigenvalue weighted by atomic mass is 9.90. The van der Waals surface area contributed by atoms with Crippen molar-refractivity contribution in [2.75, 3.05) is 0 Å². The zero-order valence-corrected chi connectivity index (χ0v) is 12.6. The van der Waals surface area contributed by atoms with Gasteiger partial charge in [-0.25, -0.2) is 0 Å². The van der Waals surface area contributed by atoms with E-state index in [1.165, 1.54) is 24.0 Å². The Kier molecular flexibility index (Phi) is 3.84. The Morgan fingerprint density at radius 2 is 1.86 bits per heavy atom. The molecular weight excluding hydrogens is 278 g/mol. The van der Waals surface area contributed by atoms with Gasteiger partial charge in [-0.3, -0.25) is 9.59 Å². The fourth-order valence-electron chi connectivity index (χ4n) is 3.17. The summed E-state index contributed by atoms with van der Waals surface area (Å²) < 4.78 is 1.54. The van der Waals surface area contributed by atoms with E-state index in [1.54, 1.807) is 17.7 Å². The zero-order chi connectivity index (χ0) is 15.7. The predicted molar refractivity (Wildman–Crippen MR) is 85.1 cm³/mol. The van der Waals surface area contributed by atoms with Crippen LogP contribution >= 0.6 is 0 Å². The minimum atomic E-state index is -0.987. The fourth-order valence-corrected chi connectivity index (χ4v) is 3.17. The summed E-state index contributed by atoms with van der Waals surface area (Å²) in [5.74, 6) is -0.987. The van der Waals surface area contributed by atoms with Crippen molar-refractivity contribution >= 4 is 5.97 Å². The number of carbonyl (C=O) groups is 1. The number of aromatic nitrogens is 1. The molecule has 0 saturated heterocycles. The van der Waals surface area contributed by atoms with Crippen LogP contribution in [0.25, 0.3) is 11.3 Å². The monoisotopic (exact) mass is 297 g/mol. The van der Waals surface area contributed by atoms with Crippen LogP contribution in [0.15, 0.2) is 35.1 Å². The number of rotatable bonds is 3. The molecule has 0 fully saturated rings. The zero-order valence-electron chi connectivity index (χ0n) is 12.6. The predicted octanol–water partition coefficient (Wildman–Crippen LogP) is 2.56. The maximum Gasteiger partial charge on any atom is 0.308 e. The first-order valence-corrected chi connectivity index (χ1v) is 7.59. The van der Waals surface area contributed by atoms with Crippen molar-refractivity contribution in [3.05, 3.63) is 57.4 Å². The maximum absolute atomic E-state index is 12.3. The van der Waals surface area contributed by atoms with Gasteiger partial charge in [0.05, 0.1) is 12.1 Å². The van der Waals surface area contributed by atoms with Gasteiger partial charge in [-0.15, -0.1) is 0 Å². The summed E-state index contributed by atoms with van der Waals surface area (Å²) in [4.78, 5) is 23.1. The van der Waals surface area contributed by atoms with E-state index < -0.39 is 5.97 Å². The molecule has 1 aliphatic carbocycles. The van der Waals surface area contributed by atoms with E-state index in [0.29, 0.717) is 5.56 Å². The molecule has 0 saturated carbocycles. The second-order valence-electron chi connectivity index (χ2n) is 5.87. The maximum atomic E-state index is 12.3. The van der Waals surface area contributed by atoms with Gasteiger partial charge in [0.25, 0.3) is 5.56 Å². The van der Waals surface area contributed by atoms with Crippen molar-refractivity contribution < 1.29 is 9.90 Å². The molecule has 22 heavy (non-hydrogen) atoms. The lowest BCUT2D eigenvalue weighted by Gasteiger charge is -2.17. The molecule has 0 aliphatic heterocycles. The van der Waals surface area contributed by atoms with Crippen LogP contribution in [-0.4, -0.2) is 15.6 Å². The van der Waals surface area contributed by atoms with Crippen molar-refractivity contribution in [3.63, 3.8) is 0 Å². The number of fused-ring (bicyclic) bond motifs is 1. The van der Waals surface area contributed by atoms with Gasteiger partial charge in [0.2, 0.25) is 0 Å². The van der Waals surface area contributed by atoms with Gasteiger partial charge in [0, 0.05) is 12.6 Å². The number of hydrogen-bond donors (Lipinski definition) is 1. The van der Waals surface area contributed by atoms with E-state index in [-0.39, 0.29) is 12.0 Å². The molecule has 1 heterocycles. The van der Waals surface area contributed by atoms with Crippen LogP contribution in [0.5, 0.6) is 0 Å². The van der Waals surface area contributed by atoms with Crippen molar-refractivity contribution in [3.8, 4) is 11.3 Å². The van der Waals surface area contributed by atoms with Crippen LogP contribution in [0.3, 0.4) is 0 Å². The van der Waals surface area contributed by atoms with Crippen molar-refractivity contribution in [2.45, 2.75) is 32.1 Å². The molecule has 1 aromatic carbocycles. The number of nitrogens with zero attached hydrogens (tertiary/aromatic N) is 1. The molecule has 0 unspecified atom stereocenters. The van der Waals surface area contributed by atoms with Gasteiger partial charge >= 0.3 is 5.97 Å². The SMILES string of the molecule is Cn1c(-c2ccc3c(c2)CCCC3)ccc(CC(=O)O)c1=O. The second-order valence-corrected chi connectivity index (χ2v) is 5.87. The first-order valence-electron chi connectivity index (χ1n) is 7.59. The van der Waals surface area contributed by atoms with E-state index in [1.807, 2.05) is 6.07 Å². The fraction of sp³-hybridized carbons (Fsp3) is 0.333. The molecule has 0 atom stereocenters. The first kappa shape index (κ1) is 14.6. The molecule has 114 valence electrons. The van der Waals surface area contributed by atoms with E-state index in [9.17, 15) is 9.59 Å². The summed E-state index contributed by atoms with van der Waals surface area (Å²) in [5, 5.41) is 8.85. The molecule has 4 nitrogen and oxygen atoms in total. The van der Waals surface area contributed by atoms with E-state index in [0.717, 1.165) is 24.1 Å². The van der Waals surface area contributed by atoms with Gasteiger partial charge in [-0.1, -0.05) is 18.2 Å². The molecular formula is C18H19NO3. The minimum Gasteiger partial charge on any atom is -0.481 e. The van der Waals surface area contributed by atoms with Gasteiger partial charge < -0.3 is 9.67 Å².